The van der Waals surface area contributed by atoms with Crippen molar-refractivity contribution in [2.24, 2.45) is 7.05 Å². The highest BCUT2D eigenvalue weighted by molar-refractivity contribution is 5.94. The molecule has 0 unspecified atom stereocenters. The van der Waals surface area contributed by atoms with Crippen molar-refractivity contribution in [1.29, 1.82) is 0 Å². The van der Waals surface area contributed by atoms with Crippen molar-refractivity contribution in [3.8, 4) is 0 Å². The predicted octanol–water partition coefficient (Wildman–Crippen LogP) is 3.71. The minimum absolute atomic E-state index is 0.0326. The van der Waals surface area contributed by atoms with Gasteiger partial charge in [-0.05, 0) is 50.7 Å². The molecule has 2 heterocycles. The first-order chi connectivity index (χ1) is 13.7. The molecule has 0 saturated heterocycles. The van der Waals surface area contributed by atoms with Gasteiger partial charge in [-0.15, -0.1) is 0 Å². The van der Waals surface area contributed by atoms with Crippen molar-refractivity contribution in [2.45, 2.75) is 57.8 Å². The van der Waals surface area contributed by atoms with Gasteiger partial charge in [0, 0.05) is 31.3 Å². The Labute approximate surface area is 165 Å². The standard InChI is InChI=1S/C22H29N5O/c1-27-19-13-8-7-12-18(19)24-20(27)14-6-3-9-15-23-22(28)21-16-10-4-2-5-11-17(16)25-26-21/h7-8,12-13H,2-6,9-11,14-15H2,1H3,(H,23,28)(H,25,26). The molecule has 0 spiro atoms. The lowest BCUT2D eigenvalue weighted by Gasteiger charge is -2.06. The van der Waals surface area contributed by atoms with E-state index in [0.29, 0.717) is 12.2 Å². The van der Waals surface area contributed by atoms with Crippen molar-refractivity contribution in [1.82, 2.24) is 25.1 Å². The average Bonchev–Trinajstić information content (AvgIpc) is 3.16. The molecule has 4 rings (SSSR count). The number of H-pyrrole nitrogens is 1. The molecule has 1 aliphatic rings. The molecule has 0 atom stereocenters. The van der Waals surface area contributed by atoms with E-state index in [-0.39, 0.29) is 5.91 Å². The van der Waals surface area contributed by atoms with Crippen LogP contribution in [0.15, 0.2) is 24.3 Å². The van der Waals surface area contributed by atoms with E-state index < -0.39 is 0 Å². The zero-order chi connectivity index (χ0) is 19.3. The third-order valence-electron chi connectivity index (χ3n) is 5.76. The van der Waals surface area contributed by atoms with Crippen LogP contribution in [0.1, 0.15) is 66.1 Å². The van der Waals surface area contributed by atoms with Gasteiger partial charge in [0.05, 0.1) is 11.0 Å². The lowest BCUT2D eigenvalue weighted by Crippen LogP contribution is -2.25. The first kappa shape index (κ1) is 18.7. The van der Waals surface area contributed by atoms with E-state index in [9.17, 15) is 4.79 Å². The van der Waals surface area contributed by atoms with Crippen LogP contribution in [0.4, 0.5) is 0 Å². The van der Waals surface area contributed by atoms with Gasteiger partial charge in [0.15, 0.2) is 5.69 Å². The van der Waals surface area contributed by atoms with Gasteiger partial charge in [-0.2, -0.15) is 5.10 Å². The molecule has 0 aliphatic heterocycles. The smallest absolute Gasteiger partial charge is 0.272 e. The molecule has 0 bridgehead atoms. The van der Waals surface area contributed by atoms with Crippen molar-refractivity contribution >= 4 is 16.9 Å². The summed E-state index contributed by atoms with van der Waals surface area (Å²) in [6.45, 7) is 0.697. The average molecular weight is 380 g/mol. The SMILES string of the molecule is Cn1c(CCCCCNC(=O)c2n[nH]c3c2CCCCC3)nc2ccccc21. The van der Waals surface area contributed by atoms with Crippen LogP contribution < -0.4 is 5.32 Å². The highest BCUT2D eigenvalue weighted by Crippen LogP contribution is 2.21. The number of carbonyl (C=O) groups is 1. The number of carbonyl (C=O) groups excluding carboxylic acids is 1. The molecule has 148 valence electrons. The van der Waals surface area contributed by atoms with Crippen LogP contribution in [0.25, 0.3) is 11.0 Å². The second-order valence-corrected chi connectivity index (χ2v) is 7.73. The summed E-state index contributed by atoms with van der Waals surface area (Å²) in [7, 11) is 2.08. The lowest BCUT2D eigenvalue weighted by molar-refractivity contribution is 0.0947. The Hall–Kier alpha value is -2.63. The zero-order valence-corrected chi connectivity index (χ0v) is 16.6. The molecule has 2 N–H and O–H groups in total. The number of benzene rings is 1. The molecule has 28 heavy (non-hydrogen) atoms. The van der Waals surface area contributed by atoms with E-state index >= 15 is 0 Å². The van der Waals surface area contributed by atoms with Crippen LogP contribution in [0.3, 0.4) is 0 Å². The molecule has 2 aromatic heterocycles. The monoisotopic (exact) mass is 379 g/mol. The number of nitrogens with zero attached hydrogens (tertiary/aromatic N) is 3. The van der Waals surface area contributed by atoms with Crippen molar-refractivity contribution in [3.63, 3.8) is 0 Å². The topological polar surface area (TPSA) is 75.6 Å². The van der Waals surface area contributed by atoms with Gasteiger partial charge in [-0.25, -0.2) is 4.98 Å². The molecule has 1 amide bonds. The van der Waals surface area contributed by atoms with Crippen LogP contribution in [-0.2, 0) is 26.3 Å². The van der Waals surface area contributed by atoms with Crippen LogP contribution in [-0.4, -0.2) is 32.2 Å². The quantitative estimate of drug-likeness (QED) is 0.485. The summed E-state index contributed by atoms with van der Waals surface area (Å²) >= 11 is 0. The highest BCUT2D eigenvalue weighted by Gasteiger charge is 2.20. The van der Waals surface area contributed by atoms with Crippen LogP contribution in [0.5, 0.6) is 0 Å². The number of aromatic amines is 1. The first-order valence-corrected chi connectivity index (χ1v) is 10.5. The molecule has 0 fully saturated rings. The van der Waals surface area contributed by atoms with E-state index in [1.54, 1.807) is 0 Å². The normalized spacial score (nSPS) is 14.0. The fourth-order valence-corrected chi connectivity index (χ4v) is 4.14. The van der Waals surface area contributed by atoms with Gasteiger partial charge in [-0.1, -0.05) is 25.0 Å². The van der Waals surface area contributed by atoms with E-state index in [1.807, 2.05) is 6.07 Å². The second kappa shape index (κ2) is 8.59. The number of rotatable bonds is 7. The van der Waals surface area contributed by atoms with E-state index in [4.69, 9.17) is 4.98 Å². The maximum atomic E-state index is 12.5. The predicted molar refractivity (Wildman–Crippen MR) is 110 cm³/mol. The number of hydrogen-bond acceptors (Lipinski definition) is 3. The fraction of sp³-hybridized carbons (Fsp3) is 0.500. The number of fused-ring (bicyclic) bond motifs is 2. The van der Waals surface area contributed by atoms with Crippen molar-refractivity contribution in [2.75, 3.05) is 6.54 Å². The summed E-state index contributed by atoms with van der Waals surface area (Å²) in [5, 5.41) is 10.4. The lowest BCUT2D eigenvalue weighted by atomic mass is 10.1. The Kier molecular flexibility index (Phi) is 5.74. The van der Waals surface area contributed by atoms with Crippen LogP contribution in [0, 0.1) is 0 Å². The number of hydrogen-bond donors (Lipinski definition) is 2. The maximum absolute atomic E-state index is 12.5. The molecule has 1 aromatic carbocycles. The number of unbranched alkanes of at least 4 members (excludes halogenated alkanes) is 2. The van der Waals surface area contributed by atoms with E-state index in [2.05, 4.69) is 45.3 Å². The molecular formula is C22H29N5O. The summed E-state index contributed by atoms with van der Waals surface area (Å²) in [5.41, 5.74) is 5.15. The number of nitrogens with one attached hydrogen (secondary N) is 2. The van der Waals surface area contributed by atoms with Crippen molar-refractivity contribution in [3.05, 3.63) is 47.0 Å². The largest absolute Gasteiger partial charge is 0.351 e. The molecule has 1 aliphatic carbocycles. The molecule has 6 nitrogen and oxygen atoms in total. The number of aryl methyl sites for hydroxylation is 3. The number of amides is 1. The molecule has 3 aromatic rings. The van der Waals surface area contributed by atoms with Gasteiger partial charge >= 0.3 is 0 Å². The number of imidazole rings is 1. The molecule has 6 heteroatoms. The summed E-state index contributed by atoms with van der Waals surface area (Å²) in [5.74, 6) is 1.10. The van der Waals surface area contributed by atoms with Gasteiger partial charge in [-0.3, -0.25) is 9.89 Å². The van der Waals surface area contributed by atoms with Crippen molar-refractivity contribution < 1.29 is 4.79 Å². The third-order valence-corrected chi connectivity index (χ3v) is 5.76. The Bertz CT molecular complexity index is 955. The summed E-state index contributed by atoms with van der Waals surface area (Å²) in [6, 6.07) is 8.25. The Morgan fingerprint density at radius 3 is 2.89 bits per heavy atom. The second-order valence-electron chi connectivity index (χ2n) is 7.73. The third kappa shape index (κ3) is 3.96. The van der Waals surface area contributed by atoms with Crippen LogP contribution >= 0.6 is 0 Å². The van der Waals surface area contributed by atoms with Gasteiger partial charge < -0.3 is 9.88 Å². The summed E-state index contributed by atoms with van der Waals surface area (Å²) in [6.07, 6.45) is 9.62. The summed E-state index contributed by atoms with van der Waals surface area (Å²) < 4.78 is 2.18. The van der Waals surface area contributed by atoms with Gasteiger partial charge in [0.1, 0.15) is 5.82 Å². The molecular weight excluding hydrogens is 350 g/mol. The minimum atomic E-state index is -0.0326. The van der Waals surface area contributed by atoms with E-state index in [0.717, 1.165) is 67.5 Å². The molecule has 0 radical (unpaired) electrons. The first-order valence-electron chi connectivity index (χ1n) is 10.5. The number of aromatic nitrogens is 4. The van der Waals surface area contributed by atoms with Gasteiger partial charge in [0.25, 0.3) is 5.91 Å². The zero-order valence-electron chi connectivity index (χ0n) is 16.6. The van der Waals surface area contributed by atoms with Crippen LogP contribution in [0.2, 0.25) is 0 Å². The Morgan fingerprint density at radius 1 is 1.14 bits per heavy atom. The highest BCUT2D eigenvalue weighted by atomic mass is 16.1. The minimum Gasteiger partial charge on any atom is -0.351 e. The number of para-hydroxylation sites is 2. The maximum Gasteiger partial charge on any atom is 0.272 e. The van der Waals surface area contributed by atoms with E-state index in [1.165, 1.54) is 18.4 Å². The Morgan fingerprint density at radius 2 is 2.00 bits per heavy atom. The molecule has 0 saturated carbocycles. The summed E-state index contributed by atoms with van der Waals surface area (Å²) in [4.78, 5) is 17.2. The van der Waals surface area contributed by atoms with Gasteiger partial charge in [0.2, 0.25) is 0 Å². The Balaban J connectivity index is 1.21. The fourth-order valence-electron chi connectivity index (χ4n) is 4.14.